The second kappa shape index (κ2) is 17.1. The molecule has 3 rings (SSSR count). The predicted octanol–water partition coefficient (Wildman–Crippen LogP) is 7.07. The van der Waals surface area contributed by atoms with Gasteiger partial charge in [0.25, 0.3) is 0 Å². The lowest BCUT2D eigenvalue weighted by Crippen LogP contribution is -2.13. The molecule has 3 N–H and O–H groups in total. The molecule has 0 radical (unpaired) electrons. The Morgan fingerprint density at radius 1 is 1.13 bits per heavy atom. The van der Waals surface area contributed by atoms with E-state index in [0.717, 1.165) is 24.2 Å². The van der Waals surface area contributed by atoms with Gasteiger partial charge in [-0.15, -0.1) is 0 Å². The number of benzene rings is 1. The third kappa shape index (κ3) is 13.3. The highest BCUT2D eigenvalue weighted by Crippen LogP contribution is 2.31. The number of anilines is 3. The summed E-state index contributed by atoms with van der Waals surface area (Å²) in [4.78, 5) is 18.6. The summed E-state index contributed by atoms with van der Waals surface area (Å²) in [6.45, 7) is 9.49. The van der Waals surface area contributed by atoms with Crippen molar-refractivity contribution in [3.63, 3.8) is 0 Å². The van der Waals surface area contributed by atoms with E-state index in [-0.39, 0.29) is 17.5 Å². The van der Waals surface area contributed by atoms with Crippen LogP contribution in [0.3, 0.4) is 0 Å². The Morgan fingerprint density at radius 3 is 2.24 bits per heavy atom. The van der Waals surface area contributed by atoms with Gasteiger partial charge in [0.15, 0.2) is 0 Å². The zero-order chi connectivity index (χ0) is 28.7. The van der Waals surface area contributed by atoms with Gasteiger partial charge in [0.05, 0.1) is 22.2 Å². The van der Waals surface area contributed by atoms with Gasteiger partial charge in [-0.1, -0.05) is 58.8 Å². The van der Waals surface area contributed by atoms with Crippen molar-refractivity contribution in [2.75, 3.05) is 23.4 Å². The van der Waals surface area contributed by atoms with Crippen LogP contribution in [0, 0.1) is 19.8 Å². The van der Waals surface area contributed by atoms with Crippen molar-refractivity contribution in [1.29, 1.82) is 0 Å². The fourth-order valence-corrected chi connectivity index (χ4v) is 4.50. The van der Waals surface area contributed by atoms with E-state index >= 15 is 0 Å². The molecule has 1 amide bonds. The monoisotopic (exact) mass is 557 g/mol. The van der Waals surface area contributed by atoms with Crippen LogP contribution in [0.25, 0.3) is 0 Å². The Morgan fingerprint density at radius 2 is 1.79 bits per heavy atom. The number of halogens is 3. The molecule has 38 heavy (non-hydrogen) atoms. The zero-order valence-corrected chi connectivity index (χ0v) is 24.1. The highest BCUT2D eigenvalue weighted by atomic mass is 32.2. The number of aryl methyl sites for hydroxylation is 2. The van der Waals surface area contributed by atoms with Gasteiger partial charge in [0.2, 0.25) is 11.9 Å². The average Bonchev–Trinajstić information content (AvgIpc) is 2.81. The van der Waals surface area contributed by atoms with Gasteiger partial charge in [-0.05, 0) is 43.5 Å². The molecule has 1 aliphatic carbocycles. The van der Waals surface area contributed by atoms with Gasteiger partial charge < -0.3 is 10.6 Å². The molecular formula is C27H42F3N5O2S. The fraction of sp³-hybridized carbons (Fsp3) is 0.593. The lowest BCUT2D eigenvalue weighted by atomic mass is 9.86. The van der Waals surface area contributed by atoms with Crippen molar-refractivity contribution in [3.8, 4) is 0 Å². The summed E-state index contributed by atoms with van der Waals surface area (Å²) in [6.07, 6.45) is 8.33. The Hall–Kier alpha value is -2.53. The highest BCUT2D eigenvalue weighted by Gasteiger charge is 2.33. The summed E-state index contributed by atoms with van der Waals surface area (Å²) in [5.41, 5.74) is 1.05. The number of rotatable bonds is 7. The quantitative estimate of drug-likeness (QED) is 0.338. The first-order valence-corrected chi connectivity index (χ1v) is 14.6. The van der Waals surface area contributed by atoms with E-state index in [2.05, 4.69) is 32.2 Å². The Balaban J connectivity index is 0.000000393. The number of carbonyl (C=O) groups is 1. The Labute approximate surface area is 227 Å². The van der Waals surface area contributed by atoms with Crippen LogP contribution in [-0.4, -0.2) is 32.9 Å². The predicted molar refractivity (Wildman–Crippen MR) is 150 cm³/mol. The number of nitrogens with zero attached hydrogens (tertiary/aromatic N) is 2. The molecule has 1 heterocycles. The van der Waals surface area contributed by atoms with E-state index in [1.54, 1.807) is 31.4 Å². The third-order valence-corrected chi connectivity index (χ3v) is 6.54. The lowest BCUT2D eigenvalue weighted by Gasteiger charge is -2.20. The van der Waals surface area contributed by atoms with Gasteiger partial charge in [0.1, 0.15) is 0 Å². The standard InChI is InChI=1S/C15H15F3N4O.C9H18.C3H9NOS/c1-8-6-11(4-5-13(8)21-10(3)23)22-14-19-7-12(9(2)20-14)15(16,17)18;1-2-6-9-7-4-3-5-8-9;1-3-4-6(2)5/h4-7H,1-3H3,(H,21,23)(H,19,20,22);9H,2-8H2,1H3;4H,3H2,1-2H3. The van der Waals surface area contributed by atoms with Gasteiger partial charge >= 0.3 is 6.18 Å². The van der Waals surface area contributed by atoms with Crippen molar-refractivity contribution < 1.29 is 22.2 Å². The van der Waals surface area contributed by atoms with E-state index in [4.69, 9.17) is 0 Å². The van der Waals surface area contributed by atoms with Crippen molar-refractivity contribution in [2.24, 2.45) is 5.92 Å². The topological polar surface area (TPSA) is 96.0 Å². The van der Waals surface area contributed by atoms with Crippen LogP contribution in [0.5, 0.6) is 0 Å². The minimum absolute atomic E-state index is 0.0715. The second-order valence-corrected chi connectivity index (χ2v) is 10.5. The van der Waals surface area contributed by atoms with Crippen LogP contribution < -0.4 is 15.4 Å². The highest BCUT2D eigenvalue weighted by molar-refractivity contribution is 7.82. The maximum absolute atomic E-state index is 12.7. The summed E-state index contributed by atoms with van der Waals surface area (Å²) in [5, 5.41) is 5.52. The minimum atomic E-state index is -4.47. The number of hydrogen-bond donors (Lipinski definition) is 3. The molecule has 0 spiro atoms. The van der Waals surface area contributed by atoms with Crippen molar-refractivity contribution in [2.45, 2.75) is 85.7 Å². The van der Waals surface area contributed by atoms with Crippen LogP contribution in [0.15, 0.2) is 24.4 Å². The molecule has 214 valence electrons. The summed E-state index contributed by atoms with van der Waals surface area (Å²) in [7, 11) is -0.816. The van der Waals surface area contributed by atoms with Crippen LogP contribution in [0.2, 0.25) is 0 Å². The molecule has 1 aromatic heterocycles. The third-order valence-electron chi connectivity index (χ3n) is 5.85. The van der Waals surface area contributed by atoms with Crippen LogP contribution in [0.1, 0.15) is 82.5 Å². The van der Waals surface area contributed by atoms with E-state index in [1.165, 1.54) is 58.8 Å². The largest absolute Gasteiger partial charge is 0.419 e. The average molecular weight is 558 g/mol. The van der Waals surface area contributed by atoms with E-state index in [0.29, 0.717) is 11.4 Å². The molecule has 7 nitrogen and oxygen atoms in total. The molecule has 1 aromatic carbocycles. The first-order valence-electron chi connectivity index (χ1n) is 13.0. The first kappa shape index (κ1) is 33.5. The van der Waals surface area contributed by atoms with Crippen molar-refractivity contribution >= 4 is 34.2 Å². The molecule has 0 saturated heterocycles. The summed E-state index contributed by atoms with van der Waals surface area (Å²) in [6, 6.07) is 5.10. The van der Waals surface area contributed by atoms with Gasteiger partial charge in [-0.2, -0.15) is 13.2 Å². The zero-order valence-electron chi connectivity index (χ0n) is 23.3. The lowest BCUT2D eigenvalue weighted by molar-refractivity contribution is -0.138. The molecule has 1 atom stereocenters. The Bertz CT molecular complexity index is 1030. The maximum atomic E-state index is 12.7. The van der Waals surface area contributed by atoms with Crippen molar-refractivity contribution in [3.05, 3.63) is 41.2 Å². The van der Waals surface area contributed by atoms with Gasteiger partial charge in [0, 0.05) is 37.3 Å². The van der Waals surface area contributed by atoms with E-state index in [1.807, 2.05) is 6.92 Å². The van der Waals surface area contributed by atoms with Crippen molar-refractivity contribution in [1.82, 2.24) is 14.7 Å². The summed E-state index contributed by atoms with van der Waals surface area (Å²) >= 11 is 0. The minimum Gasteiger partial charge on any atom is -0.326 e. The molecule has 11 heteroatoms. The molecule has 1 aliphatic rings. The molecular weight excluding hydrogens is 515 g/mol. The molecule has 1 fully saturated rings. The first-order chi connectivity index (χ1) is 17.9. The number of aromatic nitrogens is 2. The summed E-state index contributed by atoms with van der Waals surface area (Å²) in [5.74, 6) is 0.987. The van der Waals surface area contributed by atoms with Gasteiger partial charge in [-0.25, -0.2) is 18.9 Å². The SMILES string of the molecule is CC(=O)Nc1ccc(Nc2ncc(C(F)(F)F)c(C)n2)cc1C.CCCC1CCCCC1.CCNS(C)=O. The Kier molecular flexibility index (Phi) is 15.1. The number of alkyl halides is 3. The molecule has 0 bridgehead atoms. The van der Waals surface area contributed by atoms with E-state index in [9.17, 15) is 22.2 Å². The summed E-state index contributed by atoms with van der Waals surface area (Å²) < 4.78 is 50.7. The molecule has 1 saturated carbocycles. The smallest absolute Gasteiger partial charge is 0.326 e. The second-order valence-electron chi connectivity index (χ2n) is 9.27. The maximum Gasteiger partial charge on any atom is 0.419 e. The normalized spacial score (nSPS) is 14.3. The number of carbonyl (C=O) groups excluding carboxylic acids is 1. The fourth-order valence-electron chi connectivity index (χ4n) is 4.09. The molecule has 1 unspecified atom stereocenters. The molecule has 2 aromatic rings. The number of amides is 1. The molecule has 0 aliphatic heterocycles. The van der Waals surface area contributed by atoms with Gasteiger partial charge in [-0.3, -0.25) is 4.79 Å². The van der Waals surface area contributed by atoms with E-state index < -0.39 is 22.7 Å². The van der Waals surface area contributed by atoms with Crippen LogP contribution in [0.4, 0.5) is 30.5 Å². The number of hydrogen-bond acceptors (Lipinski definition) is 5. The van der Waals surface area contributed by atoms with Crippen LogP contribution >= 0.6 is 0 Å². The van der Waals surface area contributed by atoms with Crippen LogP contribution in [-0.2, 0) is 22.0 Å². The number of nitrogens with one attached hydrogen (secondary N) is 3.